The Kier molecular flexibility index (Phi) is 15.6. The fourth-order valence-electron chi connectivity index (χ4n) is 0.908. The Morgan fingerprint density at radius 2 is 1.14 bits per heavy atom. The molecule has 4 N–H and O–H groups in total. The SMILES string of the molecule is O=P(O)(O)OCCOCC([O-])COCCOP(=O)(O)O.[K+]. The molecule has 0 unspecified atom stereocenters. The molecular formula is C7H17KO11P2. The van der Waals surface area contributed by atoms with Gasteiger partial charge < -0.3 is 34.2 Å². The molecule has 0 aromatic heterocycles. The molecule has 14 heteroatoms. The van der Waals surface area contributed by atoms with Gasteiger partial charge in [0.1, 0.15) is 0 Å². The summed E-state index contributed by atoms with van der Waals surface area (Å²) in [5, 5.41) is 11.2. The topological polar surface area (TPSA) is 175 Å². The Labute approximate surface area is 163 Å². The molecule has 0 heterocycles. The zero-order chi connectivity index (χ0) is 15.6. The van der Waals surface area contributed by atoms with Crippen LogP contribution in [0.15, 0.2) is 0 Å². The number of hydrogen-bond acceptors (Lipinski definition) is 7. The minimum atomic E-state index is -4.53. The van der Waals surface area contributed by atoms with E-state index in [0.717, 1.165) is 0 Å². The van der Waals surface area contributed by atoms with Gasteiger partial charge in [-0.3, -0.25) is 9.05 Å². The van der Waals surface area contributed by atoms with Crippen molar-refractivity contribution < 1.29 is 104 Å². The fraction of sp³-hybridized carbons (Fsp3) is 1.00. The molecule has 0 aromatic carbocycles. The third kappa shape index (κ3) is 21.7. The molecule has 21 heavy (non-hydrogen) atoms. The van der Waals surface area contributed by atoms with E-state index >= 15 is 0 Å². The van der Waals surface area contributed by atoms with Gasteiger partial charge in [0, 0.05) is 13.2 Å². The maximum Gasteiger partial charge on any atom is 1.00 e. The molecule has 0 aliphatic heterocycles. The first-order chi connectivity index (χ1) is 9.10. The summed E-state index contributed by atoms with van der Waals surface area (Å²) >= 11 is 0. The fourth-order valence-corrected chi connectivity index (χ4v) is 1.53. The molecule has 0 aliphatic carbocycles. The van der Waals surface area contributed by atoms with Crippen LogP contribution in [-0.4, -0.2) is 65.3 Å². The molecule has 122 valence electrons. The summed E-state index contributed by atoms with van der Waals surface area (Å²) < 4.78 is 38.3. The van der Waals surface area contributed by atoms with Gasteiger partial charge in [0.05, 0.1) is 26.4 Å². The maximum atomic E-state index is 11.2. The molecule has 0 atom stereocenters. The molecule has 0 aromatic rings. The van der Waals surface area contributed by atoms with Gasteiger partial charge in [-0.25, -0.2) is 9.13 Å². The zero-order valence-corrected chi connectivity index (χ0v) is 16.3. The number of phosphoric ester groups is 2. The van der Waals surface area contributed by atoms with Gasteiger partial charge in [-0.15, -0.1) is 0 Å². The molecule has 0 rings (SSSR count). The van der Waals surface area contributed by atoms with Crippen LogP contribution in [0.2, 0.25) is 0 Å². The van der Waals surface area contributed by atoms with Gasteiger partial charge in [0.2, 0.25) is 0 Å². The molecule has 11 nitrogen and oxygen atoms in total. The van der Waals surface area contributed by atoms with Crippen molar-refractivity contribution in [2.45, 2.75) is 6.10 Å². The number of ether oxygens (including phenoxy) is 2. The van der Waals surface area contributed by atoms with E-state index in [1.165, 1.54) is 0 Å². The van der Waals surface area contributed by atoms with Crippen LogP contribution in [0, 0.1) is 0 Å². The van der Waals surface area contributed by atoms with Crippen molar-refractivity contribution >= 4 is 15.6 Å². The van der Waals surface area contributed by atoms with Crippen LogP contribution in [-0.2, 0) is 27.7 Å². The predicted molar refractivity (Wildman–Crippen MR) is 61.4 cm³/mol. The second-order valence-corrected chi connectivity index (χ2v) is 5.90. The van der Waals surface area contributed by atoms with Gasteiger partial charge in [0.25, 0.3) is 0 Å². The van der Waals surface area contributed by atoms with Crippen molar-refractivity contribution in [3.8, 4) is 0 Å². The van der Waals surface area contributed by atoms with Crippen molar-refractivity contribution in [3.05, 3.63) is 0 Å². The normalized spacial score (nSPS) is 12.5. The summed E-state index contributed by atoms with van der Waals surface area (Å²) in [6.07, 6.45) is -1.25. The van der Waals surface area contributed by atoms with Crippen molar-refractivity contribution in [2.24, 2.45) is 0 Å². The molecule has 0 fully saturated rings. The van der Waals surface area contributed by atoms with Crippen LogP contribution in [0.3, 0.4) is 0 Å². The maximum absolute atomic E-state index is 11.2. The minimum Gasteiger partial charge on any atom is -0.849 e. The van der Waals surface area contributed by atoms with Crippen molar-refractivity contribution in [2.75, 3.05) is 39.6 Å². The van der Waals surface area contributed by atoms with Crippen LogP contribution in [0.4, 0.5) is 0 Å². The van der Waals surface area contributed by atoms with E-state index in [1.54, 1.807) is 0 Å². The Bertz CT molecular complexity index is 309. The number of rotatable bonds is 12. The first-order valence-corrected chi connectivity index (χ1v) is 8.38. The van der Waals surface area contributed by atoms with Crippen LogP contribution < -0.4 is 56.5 Å². The summed E-state index contributed by atoms with van der Waals surface area (Å²) in [5.74, 6) is 0. The smallest absolute Gasteiger partial charge is 0.849 e. The van der Waals surface area contributed by atoms with Crippen LogP contribution in [0.1, 0.15) is 0 Å². The third-order valence-corrected chi connectivity index (χ3v) is 2.62. The van der Waals surface area contributed by atoms with Gasteiger partial charge >= 0.3 is 67.0 Å². The first-order valence-electron chi connectivity index (χ1n) is 5.31. The van der Waals surface area contributed by atoms with Gasteiger partial charge in [-0.05, 0) is 0 Å². The van der Waals surface area contributed by atoms with E-state index in [4.69, 9.17) is 29.0 Å². The summed E-state index contributed by atoms with van der Waals surface area (Å²) in [4.78, 5) is 33.3. The minimum absolute atomic E-state index is 0. The van der Waals surface area contributed by atoms with E-state index in [0.29, 0.717) is 0 Å². The van der Waals surface area contributed by atoms with E-state index in [2.05, 4.69) is 9.05 Å². The first kappa shape index (κ1) is 25.0. The molecule has 0 spiro atoms. The molecule has 0 radical (unpaired) electrons. The predicted octanol–water partition coefficient (Wildman–Crippen LogP) is -5.03. The van der Waals surface area contributed by atoms with E-state index in [9.17, 15) is 14.2 Å². The molecule has 0 saturated heterocycles. The Balaban J connectivity index is 0. The monoisotopic (exact) mass is 378 g/mol. The second-order valence-electron chi connectivity index (χ2n) is 3.42. The Morgan fingerprint density at radius 1 is 0.810 bits per heavy atom. The molecular weight excluding hydrogens is 361 g/mol. The largest absolute Gasteiger partial charge is 1.00 e. The van der Waals surface area contributed by atoms with Crippen molar-refractivity contribution in [1.29, 1.82) is 0 Å². The van der Waals surface area contributed by atoms with Gasteiger partial charge in [-0.1, -0.05) is 6.10 Å². The summed E-state index contributed by atoms with van der Waals surface area (Å²) in [7, 11) is -9.06. The second kappa shape index (κ2) is 13.1. The van der Waals surface area contributed by atoms with Gasteiger partial charge in [-0.2, -0.15) is 0 Å². The van der Waals surface area contributed by atoms with E-state index < -0.39 is 21.7 Å². The summed E-state index contributed by atoms with van der Waals surface area (Å²) in [6.45, 7) is -1.55. The average molecular weight is 378 g/mol. The van der Waals surface area contributed by atoms with Gasteiger partial charge in [0.15, 0.2) is 0 Å². The average Bonchev–Trinajstić information content (AvgIpc) is 2.25. The number of hydrogen-bond donors (Lipinski definition) is 4. The summed E-state index contributed by atoms with van der Waals surface area (Å²) in [6, 6.07) is 0. The quantitative estimate of drug-likeness (QED) is 0.145. The summed E-state index contributed by atoms with van der Waals surface area (Å²) in [5.41, 5.74) is 0. The van der Waals surface area contributed by atoms with Crippen LogP contribution in [0.5, 0.6) is 0 Å². The van der Waals surface area contributed by atoms with Crippen LogP contribution in [0.25, 0.3) is 0 Å². The van der Waals surface area contributed by atoms with Crippen molar-refractivity contribution in [3.63, 3.8) is 0 Å². The number of phosphoric acid groups is 2. The Morgan fingerprint density at radius 3 is 1.43 bits per heavy atom. The van der Waals surface area contributed by atoms with E-state index in [-0.39, 0.29) is 91.0 Å². The molecule has 0 saturated carbocycles. The van der Waals surface area contributed by atoms with Crippen LogP contribution >= 0.6 is 15.6 Å². The third-order valence-electron chi connectivity index (χ3n) is 1.58. The molecule has 0 aliphatic rings. The molecule has 0 amide bonds. The van der Waals surface area contributed by atoms with Crippen molar-refractivity contribution in [1.82, 2.24) is 0 Å². The molecule has 0 bridgehead atoms. The Hall–Kier alpha value is 1.74. The van der Waals surface area contributed by atoms with E-state index in [1.807, 2.05) is 0 Å². The zero-order valence-electron chi connectivity index (χ0n) is 11.4. The standard InChI is InChI=1S/C7H17O11P2.K/c8-7(5-15-1-3-17-19(9,10)11)6-16-2-4-18-20(12,13)14;/h7H,1-6H2,(H2,9,10,11)(H2,12,13,14);/q-1;+1.